The molecule has 3 nitrogen and oxygen atoms in total. The monoisotopic (exact) mass is 284 g/mol. The smallest absolute Gasteiger partial charge is 0.337 e. The predicted molar refractivity (Wildman–Crippen MR) is 64.8 cm³/mol. The number of carbonyl (C=O) groups excluding carboxylic acids is 2. The number of hydrogen-bond acceptors (Lipinski definition) is 3. The van der Waals surface area contributed by atoms with Gasteiger partial charge in [-0.1, -0.05) is 22.0 Å². The van der Waals surface area contributed by atoms with Gasteiger partial charge in [0.15, 0.2) is 0 Å². The van der Waals surface area contributed by atoms with Gasteiger partial charge in [-0.25, -0.2) is 4.79 Å². The lowest BCUT2D eigenvalue weighted by molar-refractivity contribution is -0.116. The van der Waals surface area contributed by atoms with Gasteiger partial charge in [0.05, 0.1) is 12.7 Å². The van der Waals surface area contributed by atoms with E-state index in [1.165, 1.54) is 7.11 Å². The number of rotatable bonds is 4. The van der Waals surface area contributed by atoms with Gasteiger partial charge < -0.3 is 4.74 Å². The van der Waals surface area contributed by atoms with Gasteiger partial charge in [-0.15, -0.1) is 0 Å². The predicted octanol–water partition coefficient (Wildman–Crippen LogP) is 2.50. The molecule has 86 valence electrons. The average molecular weight is 285 g/mol. The first-order valence-electron chi connectivity index (χ1n) is 4.84. The molecule has 0 saturated carbocycles. The molecule has 1 rings (SSSR count). The van der Waals surface area contributed by atoms with Crippen LogP contribution in [0.5, 0.6) is 0 Å². The van der Waals surface area contributed by atoms with E-state index in [1.807, 2.05) is 0 Å². The molecule has 1 aromatic rings. The van der Waals surface area contributed by atoms with Gasteiger partial charge >= 0.3 is 5.97 Å². The zero-order valence-corrected chi connectivity index (χ0v) is 10.8. The summed E-state index contributed by atoms with van der Waals surface area (Å²) in [6, 6.07) is 5.22. The van der Waals surface area contributed by atoms with Crippen molar-refractivity contribution in [2.45, 2.75) is 18.7 Å². The number of Topliss-reactive ketones (excluding diaryl/α,β-unsaturated/α-hetero) is 1. The average Bonchev–Trinajstić information content (AvgIpc) is 2.27. The molecular weight excluding hydrogens is 272 g/mol. The molecule has 0 heterocycles. The Morgan fingerprint density at radius 3 is 2.50 bits per heavy atom. The van der Waals surface area contributed by atoms with Crippen molar-refractivity contribution >= 4 is 27.7 Å². The van der Waals surface area contributed by atoms with Crippen LogP contribution in [0.15, 0.2) is 18.2 Å². The molecule has 0 aliphatic carbocycles. The van der Waals surface area contributed by atoms with E-state index in [1.54, 1.807) is 25.1 Å². The maximum Gasteiger partial charge on any atom is 0.337 e. The number of methoxy groups -OCH3 is 1. The third-order valence-corrected chi connectivity index (χ3v) is 2.81. The third kappa shape index (κ3) is 3.17. The zero-order chi connectivity index (χ0) is 12.1. The molecular formula is C12H13BrO3. The molecule has 4 heteroatoms. The van der Waals surface area contributed by atoms with Crippen molar-refractivity contribution in [1.29, 1.82) is 0 Å². The van der Waals surface area contributed by atoms with Crippen molar-refractivity contribution < 1.29 is 14.3 Å². The van der Waals surface area contributed by atoms with Gasteiger partial charge in [-0.3, -0.25) is 4.79 Å². The van der Waals surface area contributed by atoms with E-state index in [0.717, 1.165) is 11.1 Å². The Balaban J connectivity index is 3.06. The lowest BCUT2D eigenvalue weighted by atomic mass is 10.0. The molecule has 0 aliphatic heterocycles. The molecule has 0 spiro atoms. The van der Waals surface area contributed by atoms with Crippen molar-refractivity contribution in [1.82, 2.24) is 0 Å². The van der Waals surface area contributed by atoms with Crippen molar-refractivity contribution in [3.63, 3.8) is 0 Å². The lowest BCUT2D eigenvalue weighted by Crippen LogP contribution is -2.05. The second-order valence-corrected chi connectivity index (χ2v) is 4.05. The first-order chi connectivity index (χ1) is 7.58. The molecule has 0 bridgehead atoms. The van der Waals surface area contributed by atoms with Crippen LogP contribution in [0.25, 0.3) is 0 Å². The van der Waals surface area contributed by atoms with Gasteiger partial charge in [0.25, 0.3) is 0 Å². The second-order valence-electron chi connectivity index (χ2n) is 3.49. The van der Waals surface area contributed by atoms with Crippen LogP contribution in [-0.4, -0.2) is 18.9 Å². The fraction of sp³-hybridized carbons (Fsp3) is 0.333. The van der Waals surface area contributed by atoms with Crippen LogP contribution in [0.3, 0.4) is 0 Å². The first kappa shape index (κ1) is 12.9. The zero-order valence-electron chi connectivity index (χ0n) is 9.25. The molecule has 0 atom stereocenters. The fourth-order valence-electron chi connectivity index (χ4n) is 1.44. The topological polar surface area (TPSA) is 43.4 Å². The highest BCUT2D eigenvalue weighted by molar-refractivity contribution is 9.08. The summed E-state index contributed by atoms with van der Waals surface area (Å²) in [5, 5.41) is 0.612. The fourth-order valence-corrected chi connectivity index (χ4v) is 1.96. The highest BCUT2D eigenvalue weighted by atomic mass is 79.9. The van der Waals surface area contributed by atoms with E-state index in [0.29, 0.717) is 17.3 Å². The van der Waals surface area contributed by atoms with E-state index in [-0.39, 0.29) is 11.8 Å². The minimum absolute atomic E-state index is 0.105. The Morgan fingerprint density at radius 2 is 2.00 bits per heavy atom. The Bertz CT molecular complexity index is 413. The van der Waals surface area contributed by atoms with Crippen molar-refractivity contribution in [2.24, 2.45) is 0 Å². The molecule has 1 aromatic carbocycles. The summed E-state index contributed by atoms with van der Waals surface area (Å²) in [5.41, 5.74) is 2.39. The molecule has 0 aromatic heterocycles. The van der Waals surface area contributed by atoms with Crippen molar-refractivity contribution in [2.75, 3.05) is 7.11 Å². The van der Waals surface area contributed by atoms with Gasteiger partial charge in [-0.2, -0.15) is 0 Å². The van der Waals surface area contributed by atoms with Gasteiger partial charge in [0.2, 0.25) is 0 Å². The number of ether oxygens (including phenoxy) is 1. The highest BCUT2D eigenvalue weighted by Crippen LogP contribution is 2.17. The Hall–Kier alpha value is -1.16. The maximum atomic E-state index is 11.3. The van der Waals surface area contributed by atoms with Crippen LogP contribution >= 0.6 is 15.9 Å². The minimum atomic E-state index is -0.364. The lowest BCUT2D eigenvalue weighted by Gasteiger charge is -2.07. The summed E-state index contributed by atoms with van der Waals surface area (Å²) in [6.07, 6.45) is 0.391. The minimum Gasteiger partial charge on any atom is -0.465 e. The standard InChI is InChI=1S/C12H13BrO3/c1-8(14)5-9-3-4-10(12(15)16-2)6-11(9)7-13/h3-4,6H,5,7H2,1-2H3. The maximum absolute atomic E-state index is 11.3. The summed E-state index contributed by atoms with van der Waals surface area (Å²) in [6.45, 7) is 1.55. The van der Waals surface area contributed by atoms with E-state index >= 15 is 0 Å². The molecule has 0 unspecified atom stereocenters. The molecule has 0 fully saturated rings. The number of ketones is 1. The van der Waals surface area contributed by atoms with Crippen molar-refractivity contribution in [3.8, 4) is 0 Å². The Labute approximate surface area is 103 Å². The molecule has 16 heavy (non-hydrogen) atoms. The summed E-state index contributed by atoms with van der Waals surface area (Å²) in [5.74, 6) is -0.260. The summed E-state index contributed by atoms with van der Waals surface area (Å²) in [4.78, 5) is 22.4. The quantitative estimate of drug-likeness (QED) is 0.630. The molecule has 0 saturated heterocycles. The van der Waals surface area contributed by atoms with E-state index < -0.39 is 0 Å². The van der Waals surface area contributed by atoms with Crippen molar-refractivity contribution in [3.05, 3.63) is 34.9 Å². The number of alkyl halides is 1. The van der Waals surface area contributed by atoms with Crippen LogP contribution in [-0.2, 0) is 21.3 Å². The van der Waals surface area contributed by atoms with Crippen LogP contribution in [0.1, 0.15) is 28.4 Å². The largest absolute Gasteiger partial charge is 0.465 e. The third-order valence-electron chi connectivity index (χ3n) is 2.21. The van der Waals surface area contributed by atoms with E-state index in [9.17, 15) is 9.59 Å². The Morgan fingerprint density at radius 1 is 1.31 bits per heavy atom. The molecule has 0 aliphatic rings. The first-order valence-corrected chi connectivity index (χ1v) is 5.96. The molecule has 0 radical (unpaired) electrons. The summed E-state index contributed by atoms with van der Waals surface area (Å²) < 4.78 is 4.64. The number of halogens is 1. The number of benzene rings is 1. The van der Waals surface area contributed by atoms with Crippen LogP contribution < -0.4 is 0 Å². The van der Waals surface area contributed by atoms with Crippen LogP contribution in [0.4, 0.5) is 0 Å². The van der Waals surface area contributed by atoms with Gasteiger partial charge in [-0.05, 0) is 30.2 Å². The van der Waals surface area contributed by atoms with E-state index in [2.05, 4.69) is 20.7 Å². The van der Waals surface area contributed by atoms with E-state index in [4.69, 9.17) is 0 Å². The number of hydrogen-bond donors (Lipinski definition) is 0. The SMILES string of the molecule is COC(=O)c1ccc(CC(C)=O)c(CBr)c1. The number of esters is 1. The van der Waals surface area contributed by atoms with Gasteiger partial charge in [0, 0.05) is 11.8 Å². The highest BCUT2D eigenvalue weighted by Gasteiger charge is 2.10. The second kappa shape index (κ2) is 5.80. The summed E-state index contributed by atoms with van der Waals surface area (Å²) >= 11 is 3.34. The van der Waals surface area contributed by atoms with Crippen LogP contribution in [0.2, 0.25) is 0 Å². The molecule has 0 amide bonds. The van der Waals surface area contributed by atoms with Crippen LogP contribution in [0, 0.1) is 0 Å². The molecule has 0 N–H and O–H groups in total. The Kier molecular flexibility index (Phi) is 4.68. The number of carbonyl (C=O) groups is 2. The van der Waals surface area contributed by atoms with Gasteiger partial charge in [0.1, 0.15) is 5.78 Å². The normalized spacial score (nSPS) is 9.94. The summed E-state index contributed by atoms with van der Waals surface area (Å²) in [7, 11) is 1.35.